The summed E-state index contributed by atoms with van der Waals surface area (Å²) >= 11 is 3.18. The van der Waals surface area contributed by atoms with Gasteiger partial charge in [-0.25, -0.2) is 4.39 Å². The summed E-state index contributed by atoms with van der Waals surface area (Å²) in [7, 11) is 0. The van der Waals surface area contributed by atoms with Crippen LogP contribution in [0.1, 0.15) is 11.1 Å². The Hall–Kier alpha value is -0.920. The van der Waals surface area contributed by atoms with E-state index in [9.17, 15) is 4.39 Å². The predicted molar refractivity (Wildman–Crippen MR) is 46.7 cm³/mol. The summed E-state index contributed by atoms with van der Waals surface area (Å²) in [5, 5.41) is 8.59. The molecule has 1 aromatic rings. The van der Waals surface area contributed by atoms with Gasteiger partial charge in [0.15, 0.2) is 0 Å². The van der Waals surface area contributed by atoms with Crippen molar-refractivity contribution in [2.24, 2.45) is 5.73 Å². The van der Waals surface area contributed by atoms with Gasteiger partial charge >= 0.3 is 0 Å². The molecule has 4 heteroatoms. The Bertz CT molecular complexity index is 344. The van der Waals surface area contributed by atoms with Crippen LogP contribution < -0.4 is 5.73 Å². The number of nitrogens with two attached hydrogens (primary N) is 1. The van der Waals surface area contributed by atoms with Gasteiger partial charge in [-0.1, -0.05) is 15.9 Å². The molecule has 62 valence electrons. The first kappa shape index (κ1) is 9.17. The van der Waals surface area contributed by atoms with E-state index < -0.39 is 5.82 Å². The molecule has 0 spiro atoms. The smallest absolute Gasteiger partial charge is 0.141 e. The first-order valence-electron chi connectivity index (χ1n) is 3.27. The molecule has 0 fully saturated rings. The molecule has 0 radical (unpaired) electrons. The van der Waals surface area contributed by atoms with Crippen molar-refractivity contribution in [2.45, 2.75) is 6.54 Å². The van der Waals surface area contributed by atoms with Gasteiger partial charge in [0.2, 0.25) is 0 Å². The second kappa shape index (κ2) is 3.65. The normalized spacial score (nSPS) is 9.50. The SMILES string of the molecule is N#Cc1c(F)ccc(Br)c1CN. The fourth-order valence-electron chi connectivity index (χ4n) is 0.914. The Morgan fingerprint density at radius 2 is 2.25 bits per heavy atom. The van der Waals surface area contributed by atoms with Crippen LogP contribution in [0.3, 0.4) is 0 Å². The Morgan fingerprint density at radius 1 is 1.58 bits per heavy atom. The summed E-state index contributed by atoms with van der Waals surface area (Å²) in [5.74, 6) is -0.527. The zero-order valence-corrected chi connectivity index (χ0v) is 7.73. The Morgan fingerprint density at radius 3 is 2.67 bits per heavy atom. The summed E-state index contributed by atoms with van der Waals surface area (Å²) in [4.78, 5) is 0. The van der Waals surface area contributed by atoms with Crippen molar-refractivity contribution >= 4 is 15.9 Å². The van der Waals surface area contributed by atoms with Crippen molar-refractivity contribution in [2.75, 3.05) is 0 Å². The van der Waals surface area contributed by atoms with Crippen molar-refractivity contribution in [3.63, 3.8) is 0 Å². The van der Waals surface area contributed by atoms with Crippen molar-refractivity contribution in [1.82, 2.24) is 0 Å². The van der Waals surface area contributed by atoms with E-state index in [1.165, 1.54) is 6.07 Å². The average Bonchev–Trinajstić information content (AvgIpc) is 2.08. The van der Waals surface area contributed by atoms with Crippen molar-refractivity contribution in [3.05, 3.63) is 33.5 Å². The lowest BCUT2D eigenvalue weighted by Crippen LogP contribution is -2.02. The molecule has 0 aliphatic rings. The lowest BCUT2D eigenvalue weighted by atomic mass is 10.1. The maximum absolute atomic E-state index is 12.9. The van der Waals surface area contributed by atoms with Crippen LogP contribution >= 0.6 is 15.9 Å². The number of halogens is 2. The van der Waals surface area contributed by atoms with Crippen LogP contribution in [-0.2, 0) is 6.54 Å². The fourth-order valence-corrected chi connectivity index (χ4v) is 1.41. The predicted octanol–water partition coefficient (Wildman–Crippen LogP) is 1.92. The zero-order chi connectivity index (χ0) is 9.14. The molecule has 0 saturated heterocycles. The lowest BCUT2D eigenvalue weighted by Gasteiger charge is -2.03. The van der Waals surface area contributed by atoms with Crippen molar-refractivity contribution in [3.8, 4) is 6.07 Å². The minimum atomic E-state index is -0.527. The highest BCUT2D eigenvalue weighted by molar-refractivity contribution is 9.10. The third kappa shape index (κ3) is 1.47. The van der Waals surface area contributed by atoms with E-state index in [0.29, 0.717) is 10.0 Å². The molecule has 0 aliphatic carbocycles. The van der Waals surface area contributed by atoms with Crippen molar-refractivity contribution < 1.29 is 4.39 Å². The molecule has 0 atom stereocenters. The van der Waals surface area contributed by atoms with E-state index in [1.807, 2.05) is 0 Å². The third-order valence-corrected chi connectivity index (χ3v) is 2.26. The summed E-state index contributed by atoms with van der Waals surface area (Å²) in [6.07, 6.45) is 0. The van der Waals surface area contributed by atoms with E-state index in [0.717, 1.165) is 0 Å². The molecular formula is C8H6BrFN2. The molecule has 0 aliphatic heterocycles. The minimum absolute atomic E-state index is 0.0203. The van der Waals surface area contributed by atoms with Crippen LogP contribution in [0.15, 0.2) is 16.6 Å². The van der Waals surface area contributed by atoms with Gasteiger partial charge in [0, 0.05) is 16.6 Å². The molecule has 1 aromatic carbocycles. The molecule has 0 amide bonds. The van der Waals surface area contributed by atoms with Gasteiger partial charge < -0.3 is 5.73 Å². The van der Waals surface area contributed by atoms with Crippen LogP contribution in [0.5, 0.6) is 0 Å². The number of hydrogen-bond acceptors (Lipinski definition) is 2. The van der Waals surface area contributed by atoms with Crippen LogP contribution in [0.4, 0.5) is 4.39 Å². The molecule has 2 N–H and O–H groups in total. The third-order valence-electron chi connectivity index (χ3n) is 1.52. The Balaban J connectivity index is 3.41. The minimum Gasteiger partial charge on any atom is -0.326 e. The van der Waals surface area contributed by atoms with E-state index in [1.54, 1.807) is 12.1 Å². The summed E-state index contributed by atoms with van der Waals surface area (Å²) < 4.78 is 13.6. The Kier molecular flexibility index (Phi) is 2.79. The number of hydrogen-bond donors (Lipinski definition) is 1. The van der Waals surface area contributed by atoms with Gasteiger partial charge in [-0.15, -0.1) is 0 Å². The van der Waals surface area contributed by atoms with Gasteiger partial charge in [0.05, 0.1) is 5.56 Å². The molecule has 0 unspecified atom stereocenters. The van der Waals surface area contributed by atoms with E-state index >= 15 is 0 Å². The molecule has 12 heavy (non-hydrogen) atoms. The molecular weight excluding hydrogens is 223 g/mol. The number of nitriles is 1. The largest absolute Gasteiger partial charge is 0.326 e. The molecule has 0 heterocycles. The number of nitrogens with zero attached hydrogens (tertiary/aromatic N) is 1. The highest BCUT2D eigenvalue weighted by Gasteiger charge is 2.09. The summed E-state index contributed by atoms with van der Waals surface area (Å²) in [5.41, 5.74) is 5.88. The van der Waals surface area contributed by atoms with Crippen molar-refractivity contribution in [1.29, 1.82) is 5.26 Å². The zero-order valence-electron chi connectivity index (χ0n) is 6.14. The van der Waals surface area contributed by atoms with E-state index in [-0.39, 0.29) is 12.1 Å². The number of rotatable bonds is 1. The lowest BCUT2D eigenvalue weighted by molar-refractivity contribution is 0.620. The summed E-state index contributed by atoms with van der Waals surface area (Å²) in [6, 6.07) is 4.55. The molecule has 0 aromatic heterocycles. The highest BCUT2D eigenvalue weighted by Crippen LogP contribution is 2.21. The average molecular weight is 229 g/mol. The second-order valence-electron chi connectivity index (χ2n) is 2.20. The van der Waals surface area contributed by atoms with Gasteiger partial charge in [0.1, 0.15) is 11.9 Å². The molecule has 2 nitrogen and oxygen atoms in total. The molecule has 0 bridgehead atoms. The van der Waals surface area contributed by atoms with Gasteiger partial charge in [-0.3, -0.25) is 0 Å². The maximum Gasteiger partial charge on any atom is 0.141 e. The fraction of sp³-hybridized carbons (Fsp3) is 0.125. The van der Waals surface area contributed by atoms with Gasteiger partial charge in [-0.2, -0.15) is 5.26 Å². The quantitative estimate of drug-likeness (QED) is 0.799. The molecule has 0 saturated carbocycles. The number of benzene rings is 1. The highest BCUT2D eigenvalue weighted by atomic mass is 79.9. The molecule has 1 rings (SSSR count). The van der Waals surface area contributed by atoms with Crippen LogP contribution in [0, 0.1) is 17.1 Å². The monoisotopic (exact) mass is 228 g/mol. The van der Waals surface area contributed by atoms with E-state index in [2.05, 4.69) is 15.9 Å². The van der Waals surface area contributed by atoms with Crippen LogP contribution in [0.25, 0.3) is 0 Å². The van der Waals surface area contributed by atoms with Crippen LogP contribution in [-0.4, -0.2) is 0 Å². The maximum atomic E-state index is 12.9. The van der Waals surface area contributed by atoms with E-state index in [4.69, 9.17) is 11.0 Å². The summed E-state index contributed by atoms with van der Waals surface area (Å²) in [6.45, 7) is 0.154. The Labute approximate surface area is 77.9 Å². The topological polar surface area (TPSA) is 49.8 Å². The van der Waals surface area contributed by atoms with Crippen LogP contribution in [0.2, 0.25) is 0 Å². The second-order valence-corrected chi connectivity index (χ2v) is 3.05. The first-order valence-corrected chi connectivity index (χ1v) is 4.07. The van der Waals surface area contributed by atoms with Gasteiger partial charge in [-0.05, 0) is 12.1 Å². The van der Waals surface area contributed by atoms with Gasteiger partial charge in [0.25, 0.3) is 0 Å². The first-order chi connectivity index (χ1) is 5.70. The standard InChI is InChI=1S/C8H6BrFN2/c9-7-1-2-8(10)6(4-12)5(7)3-11/h1-2H,3,11H2.